The van der Waals surface area contributed by atoms with E-state index in [-0.39, 0.29) is 11.7 Å². The van der Waals surface area contributed by atoms with E-state index in [9.17, 15) is 9.18 Å². The number of carbonyl (C=O) groups excluding carboxylic acids is 1. The van der Waals surface area contributed by atoms with E-state index in [2.05, 4.69) is 20.5 Å². The zero-order valence-electron chi connectivity index (χ0n) is 16.1. The average Bonchev–Trinajstić information content (AvgIpc) is 2.90. The first-order valence-corrected chi connectivity index (χ1v) is 9.28. The van der Waals surface area contributed by atoms with Crippen molar-refractivity contribution in [1.82, 2.24) is 20.1 Å². The van der Waals surface area contributed by atoms with Crippen molar-refractivity contribution in [3.8, 4) is 17.0 Å². The maximum absolute atomic E-state index is 14.6. The molecule has 0 spiro atoms. The lowest BCUT2D eigenvalue weighted by Gasteiger charge is -2.26. The number of anilines is 1. The number of ether oxygens (including phenoxy) is 1. The maximum atomic E-state index is 14.6. The third kappa shape index (κ3) is 3.73. The van der Waals surface area contributed by atoms with Gasteiger partial charge >= 0.3 is 6.03 Å². The van der Waals surface area contributed by atoms with E-state index in [0.717, 1.165) is 0 Å². The van der Waals surface area contributed by atoms with Crippen LogP contribution >= 0.6 is 0 Å². The number of nitrogens with zero attached hydrogens (tertiary/aromatic N) is 4. The van der Waals surface area contributed by atoms with E-state index < -0.39 is 11.8 Å². The number of rotatable bonds is 2. The Bertz CT molecular complexity index is 1040. The van der Waals surface area contributed by atoms with Crippen molar-refractivity contribution in [1.29, 1.82) is 0 Å². The lowest BCUT2D eigenvalue weighted by molar-refractivity contribution is 0.185. The number of carbonyl (C=O) groups is 1. The molecule has 0 bridgehead atoms. The SMILES string of the molecule is Cc1cc(F)c(NC(=O)N2CCOc3cccnc3C2C)cc1-c1cccnn1. The van der Waals surface area contributed by atoms with Crippen molar-refractivity contribution in [2.75, 3.05) is 18.5 Å². The van der Waals surface area contributed by atoms with Gasteiger partial charge < -0.3 is 15.0 Å². The number of fused-ring (bicyclic) bond motifs is 1. The van der Waals surface area contributed by atoms with Gasteiger partial charge in [0.1, 0.15) is 23.9 Å². The van der Waals surface area contributed by atoms with Gasteiger partial charge in [0.05, 0.1) is 24.0 Å². The Morgan fingerprint density at radius 3 is 2.90 bits per heavy atom. The molecule has 7 nitrogen and oxygen atoms in total. The number of urea groups is 1. The quantitative estimate of drug-likeness (QED) is 0.713. The normalized spacial score (nSPS) is 15.8. The molecule has 3 aromatic rings. The lowest BCUT2D eigenvalue weighted by Crippen LogP contribution is -2.38. The van der Waals surface area contributed by atoms with Gasteiger partial charge in [0.25, 0.3) is 0 Å². The van der Waals surface area contributed by atoms with E-state index in [1.807, 2.05) is 13.0 Å². The van der Waals surface area contributed by atoms with Crippen LogP contribution in [0.5, 0.6) is 5.75 Å². The Kier molecular flexibility index (Phi) is 5.07. The van der Waals surface area contributed by atoms with Gasteiger partial charge in [0.15, 0.2) is 0 Å². The highest BCUT2D eigenvalue weighted by Gasteiger charge is 2.28. The number of pyridine rings is 1. The highest BCUT2D eigenvalue weighted by Crippen LogP contribution is 2.31. The van der Waals surface area contributed by atoms with Gasteiger partial charge in [-0.3, -0.25) is 4.98 Å². The van der Waals surface area contributed by atoms with Crippen molar-refractivity contribution in [2.45, 2.75) is 19.9 Å². The van der Waals surface area contributed by atoms with Crippen LogP contribution in [0, 0.1) is 12.7 Å². The first-order chi connectivity index (χ1) is 14.0. The monoisotopic (exact) mass is 393 g/mol. The van der Waals surface area contributed by atoms with Gasteiger partial charge in [-0.05, 0) is 55.8 Å². The number of halogens is 1. The van der Waals surface area contributed by atoms with Crippen LogP contribution in [0.25, 0.3) is 11.3 Å². The number of nitrogens with one attached hydrogen (secondary N) is 1. The first-order valence-electron chi connectivity index (χ1n) is 9.28. The molecule has 1 aliphatic heterocycles. The van der Waals surface area contributed by atoms with Crippen molar-refractivity contribution >= 4 is 11.7 Å². The molecular formula is C21H20FN5O2. The van der Waals surface area contributed by atoms with Crippen molar-refractivity contribution in [3.05, 3.63) is 65.9 Å². The summed E-state index contributed by atoms with van der Waals surface area (Å²) in [7, 11) is 0. The van der Waals surface area contributed by atoms with E-state index in [4.69, 9.17) is 4.74 Å². The van der Waals surface area contributed by atoms with E-state index in [0.29, 0.717) is 41.4 Å². The van der Waals surface area contributed by atoms with Gasteiger partial charge in [-0.15, -0.1) is 0 Å². The van der Waals surface area contributed by atoms with Crippen molar-refractivity contribution in [2.24, 2.45) is 0 Å². The molecule has 0 fully saturated rings. The summed E-state index contributed by atoms with van der Waals surface area (Å²) in [4.78, 5) is 18.9. The predicted molar refractivity (Wildman–Crippen MR) is 106 cm³/mol. The van der Waals surface area contributed by atoms with Crippen LogP contribution < -0.4 is 10.1 Å². The highest BCUT2D eigenvalue weighted by atomic mass is 19.1. The summed E-state index contributed by atoms with van der Waals surface area (Å²) in [5.41, 5.74) is 2.77. The summed E-state index contributed by atoms with van der Waals surface area (Å²) in [5.74, 6) is 0.141. The average molecular weight is 393 g/mol. The second kappa shape index (κ2) is 7.83. The topological polar surface area (TPSA) is 80.2 Å². The minimum Gasteiger partial charge on any atom is -0.490 e. The van der Waals surface area contributed by atoms with Crippen LogP contribution in [0.4, 0.5) is 14.9 Å². The maximum Gasteiger partial charge on any atom is 0.322 e. The molecule has 0 saturated heterocycles. The van der Waals surface area contributed by atoms with Crippen LogP contribution in [0.15, 0.2) is 48.8 Å². The molecule has 1 unspecified atom stereocenters. The van der Waals surface area contributed by atoms with Crippen LogP contribution in [-0.4, -0.2) is 39.3 Å². The van der Waals surface area contributed by atoms with Gasteiger partial charge in [-0.1, -0.05) is 0 Å². The zero-order chi connectivity index (χ0) is 20.4. The second-order valence-corrected chi connectivity index (χ2v) is 6.79. The number of aromatic nitrogens is 3. The Morgan fingerprint density at radius 1 is 1.28 bits per heavy atom. The third-order valence-corrected chi connectivity index (χ3v) is 4.92. The Morgan fingerprint density at radius 2 is 2.10 bits per heavy atom. The summed E-state index contributed by atoms with van der Waals surface area (Å²) < 4.78 is 20.3. The summed E-state index contributed by atoms with van der Waals surface area (Å²) in [5, 5.41) is 10.6. The van der Waals surface area contributed by atoms with E-state index >= 15 is 0 Å². The number of benzene rings is 1. The van der Waals surface area contributed by atoms with Gasteiger partial charge in [0, 0.05) is 18.0 Å². The zero-order valence-corrected chi connectivity index (χ0v) is 16.1. The fraction of sp³-hybridized carbons (Fsp3) is 0.238. The molecule has 8 heteroatoms. The fourth-order valence-corrected chi connectivity index (χ4v) is 3.39. The molecule has 0 saturated carbocycles. The molecule has 2 amide bonds. The molecular weight excluding hydrogens is 373 g/mol. The van der Waals surface area contributed by atoms with Crippen LogP contribution in [-0.2, 0) is 0 Å². The lowest BCUT2D eigenvalue weighted by atomic mass is 10.0. The van der Waals surface area contributed by atoms with E-state index in [1.165, 1.54) is 6.07 Å². The molecule has 1 atom stereocenters. The standard InChI is InChI=1S/C21H20FN5O2/c1-13-11-16(22)18(12-15(13)17-5-3-8-24-26-17)25-21(28)27-9-10-29-19-6-4-7-23-20(19)14(27)2/h3-8,11-12,14H,9-10H2,1-2H3,(H,25,28). The van der Waals surface area contributed by atoms with E-state index in [1.54, 1.807) is 48.5 Å². The molecule has 2 aromatic heterocycles. The molecule has 148 valence electrons. The fourth-order valence-electron chi connectivity index (χ4n) is 3.39. The summed E-state index contributed by atoms with van der Waals surface area (Å²) in [6.07, 6.45) is 3.23. The Hall–Kier alpha value is -3.55. The second-order valence-electron chi connectivity index (χ2n) is 6.79. The molecule has 0 aliphatic carbocycles. The number of hydrogen-bond donors (Lipinski definition) is 1. The molecule has 29 heavy (non-hydrogen) atoms. The minimum absolute atomic E-state index is 0.0832. The highest BCUT2D eigenvalue weighted by molar-refractivity contribution is 5.91. The number of hydrogen-bond acceptors (Lipinski definition) is 5. The van der Waals surface area contributed by atoms with Crippen molar-refractivity contribution in [3.63, 3.8) is 0 Å². The van der Waals surface area contributed by atoms with Crippen LogP contribution in [0.1, 0.15) is 24.2 Å². The smallest absolute Gasteiger partial charge is 0.322 e. The molecule has 1 aromatic carbocycles. The molecule has 1 aliphatic rings. The molecule has 1 N–H and O–H groups in total. The first kappa shape index (κ1) is 18.8. The van der Waals surface area contributed by atoms with Gasteiger partial charge in [-0.25, -0.2) is 9.18 Å². The summed E-state index contributed by atoms with van der Waals surface area (Å²) in [6, 6.07) is 9.38. The summed E-state index contributed by atoms with van der Waals surface area (Å²) in [6.45, 7) is 4.34. The van der Waals surface area contributed by atoms with Gasteiger partial charge in [0.2, 0.25) is 0 Å². The van der Waals surface area contributed by atoms with Crippen LogP contribution in [0.2, 0.25) is 0 Å². The third-order valence-electron chi connectivity index (χ3n) is 4.92. The Balaban J connectivity index is 1.62. The largest absolute Gasteiger partial charge is 0.490 e. The predicted octanol–water partition coefficient (Wildman–Crippen LogP) is 3.97. The minimum atomic E-state index is -0.513. The molecule has 0 radical (unpaired) electrons. The number of amides is 2. The van der Waals surface area contributed by atoms with Crippen molar-refractivity contribution < 1.29 is 13.9 Å². The molecule has 3 heterocycles. The molecule has 4 rings (SSSR count). The van der Waals surface area contributed by atoms with Gasteiger partial charge in [-0.2, -0.15) is 10.2 Å². The van der Waals surface area contributed by atoms with Crippen LogP contribution in [0.3, 0.4) is 0 Å². The number of aryl methyl sites for hydroxylation is 1. The Labute approximate surface area is 167 Å². The summed E-state index contributed by atoms with van der Waals surface area (Å²) >= 11 is 0.